The van der Waals surface area contributed by atoms with Crippen molar-refractivity contribution in [2.24, 2.45) is 5.92 Å². The van der Waals surface area contributed by atoms with Gasteiger partial charge in [0.25, 0.3) is 0 Å². The SMILES string of the molecule is CN1C[C@H](CC(=O)O)[C@H](O)C1. The number of β-amino-alcohol motifs (C(OH)–C–C–N with tert-alkyl or cyclic N) is 1. The fourth-order valence-electron chi connectivity index (χ4n) is 1.49. The lowest BCUT2D eigenvalue weighted by atomic mass is 10.0. The molecule has 11 heavy (non-hydrogen) atoms. The van der Waals surface area contributed by atoms with Crippen molar-refractivity contribution in [3.05, 3.63) is 0 Å². The van der Waals surface area contributed by atoms with E-state index in [4.69, 9.17) is 5.11 Å². The Morgan fingerprint density at radius 2 is 2.27 bits per heavy atom. The van der Waals surface area contributed by atoms with Crippen LogP contribution in [0.15, 0.2) is 0 Å². The molecule has 2 atom stereocenters. The Morgan fingerprint density at radius 1 is 1.64 bits per heavy atom. The van der Waals surface area contributed by atoms with Gasteiger partial charge in [-0.05, 0) is 7.05 Å². The largest absolute Gasteiger partial charge is 0.481 e. The van der Waals surface area contributed by atoms with Crippen LogP contribution in [-0.2, 0) is 4.79 Å². The number of rotatable bonds is 2. The predicted molar refractivity (Wildman–Crippen MR) is 39.2 cm³/mol. The molecule has 1 rings (SSSR count). The summed E-state index contributed by atoms with van der Waals surface area (Å²) < 4.78 is 0. The molecule has 4 heteroatoms. The van der Waals surface area contributed by atoms with Crippen molar-refractivity contribution in [1.82, 2.24) is 4.90 Å². The fourth-order valence-corrected chi connectivity index (χ4v) is 1.49. The van der Waals surface area contributed by atoms with Gasteiger partial charge in [-0.2, -0.15) is 0 Å². The van der Waals surface area contributed by atoms with Gasteiger partial charge in [-0.25, -0.2) is 0 Å². The Hall–Kier alpha value is -0.610. The van der Waals surface area contributed by atoms with Gasteiger partial charge in [0, 0.05) is 19.0 Å². The number of carboxylic acids is 1. The zero-order chi connectivity index (χ0) is 8.43. The highest BCUT2D eigenvalue weighted by Crippen LogP contribution is 2.18. The highest BCUT2D eigenvalue weighted by atomic mass is 16.4. The number of carboxylic acid groups (broad SMARTS) is 1. The highest BCUT2D eigenvalue weighted by molar-refractivity contribution is 5.67. The van der Waals surface area contributed by atoms with Crippen LogP contribution in [0.25, 0.3) is 0 Å². The van der Waals surface area contributed by atoms with E-state index in [1.165, 1.54) is 0 Å². The number of aliphatic hydroxyl groups is 1. The molecule has 1 aliphatic rings. The van der Waals surface area contributed by atoms with Crippen LogP contribution in [0.2, 0.25) is 0 Å². The first-order valence-corrected chi connectivity index (χ1v) is 3.68. The molecule has 0 saturated carbocycles. The second-order valence-electron chi connectivity index (χ2n) is 3.15. The summed E-state index contributed by atoms with van der Waals surface area (Å²) >= 11 is 0. The number of likely N-dealkylation sites (tertiary alicyclic amines) is 1. The van der Waals surface area contributed by atoms with Crippen LogP contribution in [0.5, 0.6) is 0 Å². The topological polar surface area (TPSA) is 60.8 Å². The molecule has 64 valence electrons. The molecule has 0 spiro atoms. The number of aliphatic hydroxyl groups excluding tert-OH is 1. The van der Waals surface area contributed by atoms with Gasteiger partial charge in [0.15, 0.2) is 0 Å². The first-order chi connectivity index (χ1) is 5.09. The summed E-state index contributed by atoms with van der Waals surface area (Å²) in [6, 6.07) is 0. The van der Waals surface area contributed by atoms with Crippen LogP contribution in [0.4, 0.5) is 0 Å². The maximum absolute atomic E-state index is 10.3. The molecular formula is C7H13NO3. The predicted octanol–water partition coefficient (Wildman–Crippen LogP) is -0.616. The summed E-state index contributed by atoms with van der Waals surface area (Å²) in [5.74, 6) is -0.915. The maximum Gasteiger partial charge on any atom is 0.303 e. The molecule has 0 radical (unpaired) electrons. The van der Waals surface area contributed by atoms with E-state index >= 15 is 0 Å². The van der Waals surface area contributed by atoms with Crippen LogP contribution >= 0.6 is 0 Å². The van der Waals surface area contributed by atoms with E-state index in [2.05, 4.69) is 0 Å². The molecule has 1 saturated heterocycles. The Bertz CT molecular complexity index is 160. The van der Waals surface area contributed by atoms with Gasteiger partial charge < -0.3 is 15.1 Å². The lowest BCUT2D eigenvalue weighted by molar-refractivity contribution is -0.138. The highest BCUT2D eigenvalue weighted by Gasteiger charge is 2.30. The second-order valence-corrected chi connectivity index (χ2v) is 3.15. The van der Waals surface area contributed by atoms with Gasteiger partial charge in [-0.3, -0.25) is 4.79 Å². The van der Waals surface area contributed by atoms with Gasteiger partial charge >= 0.3 is 5.97 Å². The van der Waals surface area contributed by atoms with Gasteiger partial charge in [0.05, 0.1) is 12.5 Å². The molecule has 2 N–H and O–H groups in total. The van der Waals surface area contributed by atoms with E-state index < -0.39 is 12.1 Å². The van der Waals surface area contributed by atoms with E-state index in [0.717, 1.165) is 0 Å². The molecule has 1 fully saturated rings. The standard InChI is InChI=1S/C7H13NO3/c1-8-3-5(2-7(10)11)6(9)4-8/h5-6,9H,2-4H2,1H3,(H,10,11)/t5-,6+/m0/s1. The molecule has 1 heterocycles. The van der Waals surface area contributed by atoms with E-state index in [-0.39, 0.29) is 12.3 Å². The van der Waals surface area contributed by atoms with E-state index in [9.17, 15) is 9.90 Å². The second kappa shape index (κ2) is 3.19. The molecule has 4 nitrogen and oxygen atoms in total. The molecule has 0 unspecified atom stereocenters. The fraction of sp³-hybridized carbons (Fsp3) is 0.857. The molecular weight excluding hydrogens is 146 g/mol. The van der Waals surface area contributed by atoms with Crippen molar-refractivity contribution < 1.29 is 15.0 Å². The summed E-state index contributed by atoms with van der Waals surface area (Å²) in [6.45, 7) is 1.28. The Morgan fingerprint density at radius 3 is 2.64 bits per heavy atom. The van der Waals surface area contributed by atoms with Gasteiger partial charge in [0.1, 0.15) is 0 Å². The normalized spacial score (nSPS) is 32.5. The van der Waals surface area contributed by atoms with E-state index in [1.54, 1.807) is 0 Å². The minimum absolute atomic E-state index is 0.0749. The Kier molecular flexibility index (Phi) is 2.46. The number of carbonyl (C=O) groups is 1. The number of hydrogen-bond donors (Lipinski definition) is 2. The van der Waals surface area contributed by atoms with Crippen molar-refractivity contribution in [1.29, 1.82) is 0 Å². The smallest absolute Gasteiger partial charge is 0.303 e. The monoisotopic (exact) mass is 159 g/mol. The minimum atomic E-state index is -0.829. The number of aliphatic carboxylic acids is 1. The first-order valence-electron chi connectivity index (χ1n) is 3.68. The van der Waals surface area contributed by atoms with Gasteiger partial charge in [-0.15, -0.1) is 0 Å². The van der Waals surface area contributed by atoms with Crippen molar-refractivity contribution in [2.45, 2.75) is 12.5 Å². The zero-order valence-electron chi connectivity index (χ0n) is 6.53. The van der Waals surface area contributed by atoms with Crippen molar-refractivity contribution in [3.8, 4) is 0 Å². The molecule has 0 aromatic carbocycles. The summed E-state index contributed by atoms with van der Waals surface area (Å²) in [6.07, 6.45) is -0.387. The molecule has 0 aliphatic carbocycles. The lowest BCUT2D eigenvalue weighted by Crippen LogP contribution is -2.20. The molecule has 0 aromatic heterocycles. The third-order valence-corrected chi connectivity index (χ3v) is 2.03. The van der Waals surface area contributed by atoms with Gasteiger partial charge in [-0.1, -0.05) is 0 Å². The maximum atomic E-state index is 10.3. The van der Waals surface area contributed by atoms with Crippen LogP contribution in [-0.4, -0.2) is 47.3 Å². The summed E-state index contributed by atoms with van der Waals surface area (Å²) in [4.78, 5) is 12.2. The van der Waals surface area contributed by atoms with Crippen LogP contribution in [0, 0.1) is 5.92 Å². The lowest BCUT2D eigenvalue weighted by Gasteiger charge is -2.08. The number of hydrogen-bond acceptors (Lipinski definition) is 3. The van der Waals surface area contributed by atoms with Crippen LogP contribution in [0.3, 0.4) is 0 Å². The third kappa shape index (κ3) is 2.17. The Labute approximate surface area is 65.4 Å². The third-order valence-electron chi connectivity index (χ3n) is 2.03. The van der Waals surface area contributed by atoms with Gasteiger partial charge in [0.2, 0.25) is 0 Å². The number of likely N-dealkylation sites (N-methyl/N-ethyl adjacent to an activating group) is 1. The quantitative estimate of drug-likeness (QED) is 0.564. The average Bonchev–Trinajstić information content (AvgIpc) is 2.09. The summed E-state index contributed by atoms with van der Waals surface area (Å²) in [5, 5.41) is 17.8. The number of nitrogens with zero attached hydrogens (tertiary/aromatic N) is 1. The summed E-state index contributed by atoms with van der Waals surface area (Å²) in [7, 11) is 1.88. The zero-order valence-corrected chi connectivity index (χ0v) is 6.53. The molecule has 1 aliphatic heterocycles. The Balaban J connectivity index is 2.40. The van der Waals surface area contributed by atoms with Crippen molar-refractivity contribution in [2.75, 3.05) is 20.1 Å². The molecule has 0 aromatic rings. The molecule has 0 amide bonds. The molecule has 0 bridgehead atoms. The van der Waals surface area contributed by atoms with Crippen molar-refractivity contribution in [3.63, 3.8) is 0 Å². The van der Waals surface area contributed by atoms with Crippen molar-refractivity contribution >= 4 is 5.97 Å². The summed E-state index contributed by atoms with van der Waals surface area (Å²) in [5.41, 5.74) is 0. The van der Waals surface area contributed by atoms with Crippen LogP contribution in [0.1, 0.15) is 6.42 Å². The minimum Gasteiger partial charge on any atom is -0.481 e. The van der Waals surface area contributed by atoms with E-state index in [1.807, 2.05) is 11.9 Å². The van der Waals surface area contributed by atoms with E-state index in [0.29, 0.717) is 13.1 Å². The first kappa shape index (κ1) is 8.49. The average molecular weight is 159 g/mol. The van der Waals surface area contributed by atoms with Crippen LogP contribution < -0.4 is 0 Å².